The average molecular weight is 183 g/mol. The molecule has 0 aliphatic carbocycles. The minimum atomic E-state index is 0.211. The second-order valence-electron chi connectivity index (χ2n) is 2.60. The van der Waals surface area contributed by atoms with Crippen LogP contribution in [0.4, 0.5) is 0 Å². The Morgan fingerprint density at radius 2 is 2.25 bits per heavy atom. The van der Waals surface area contributed by atoms with Crippen molar-refractivity contribution in [3.63, 3.8) is 0 Å². The lowest BCUT2D eigenvalue weighted by atomic mass is 10.2. The van der Waals surface area contributed by atoms with Gasteiger partial charge in [-0.3, -0.25) is 4.68 Å². The van der Waals surface area contributed by atoms with Crippen LogP contribution in [0.3, 0.4) is 0 Å². The van der Waals surface area contributed by atoms with E-state index in [1.54, 1.807) is 30.1 Å². The number of aromatic hydroxyl groups is 1. The normalized spacial score (nSPS) is 10.8. The third-order valence-corrected chi connectivity index (χ3v) is 2.13. The van der Waals surface area contributed by atoms with Gasteiger partial charge >= 0.3 is 0 Å². The Morgan fingerprint density at radius 3 is 2.92 bits per heavy atom. The molecular weight excluding hydrogens is 176 g/mol. The van der Waals surface area contributed by atoms with Gasteiger partial charge in [0.15, 0.2) is 0 Å². The molecule has 0 spiro atoms. The molecule has 12 heavy (non-hydrogen) atoms. The van der Waals surface area contributed by atoms with E-state index in [2.05, 4.69) is 5.10 Å². The minimum absolute atomic E-state index is 0.211. The number of aryl methyl sites for hydroxylation is 1. The van der Waals surface area contributed by atoms with E-state index < -0.39 is 0 Å². The van der Waals surface area contributed by atoms with Crippen LogP contribution >= 0.6 is 11.6 Å². The third kappa shape index (κ3) is 0.865. The van der Waals surface area contributed by atoms with E-state index in [1.807, 2.05) is 0 Å². The first kappa shape index (κ1) is 7.43. The lowest BCUT2D eigenvalue weighted by Gasteiger charge is -1.98. The van der Waals surface area contributed by atoms with Crippen molar-refractivity contribution in [2.45, 2.75) is 0 Å². The van der Waals surface area contributed by atoms with Gasteiger partial charge in [0.05, 0.1) is 22.1 Å². The Labute approximate surface area is 74.2 Å². The number of aromatic nitrogens is 2. The SMILES string of the molecule is Cn1ncc2c(O)ccc(Cl)c21. The first-order valence-electron chi connectivity index (χ1n) is 3.49. The Balaban J connectivity index is 2.98. The molecule has 0 aliphatic rings. The Hall–Kier alpha value is -1.22. The highest BCUT2D eigenvalue weighted by Gasteiger charge is 2.07. The molecule has 1 N–H and O–H groups in total. The largest absolute Gasteiger partial charge is 0.507 e. The molecule has 0 fully saturated rings. The second-order valence-corrected chi connectivity index (χ2v) is 3.00. The number of hydrogen-bond donors (Lipinski definition) is 1. The Bertz CT molecular complexity index is 436. The third-order valence-electron chi connectivity index (χ3n) is 1.83. The fourth-order valence-corrected chi connectivity index (χ4v) is 1.52. The fraction of sp³-hybridized carbons (Fsp3) is 0.125. The molecule has 3 nitrogen and oxygen atoms in total. The molecule has 0 bridgehead atoms. The van der Waals surface area contributed by atoms with Crippen LogP contribution in [0.5, 0.6) is 5.75 Å². The number of benzene rings is 1. The van der Waals surface area contributed by atoms with E-state index in [4.69, 9.17) is 11.6 Å². The molecule has 1 aromatic carbocycles. The number of phenolic OH excluding ortho intramolecular Hbond substituents is 1. The van der Waals surface area contributed by atoms with Gasteiger partial charge in [-0.15, -0.1) is 0 Å². The maximum atomic E-state index is 9.40. The lowest BCUT2D eigenvalue weighted by molar-refractivity contribution is 0.481. The molecule has 2 rings (SSSR count). The van der Waals surface area contributed by atoms with Gasteiger partial charge in [0.25, 0.3) is 0 Å². The van der Waals surface area contributed by atoms with E-state index in [0.717, 1.165) is 5.52 Å². The van der Waals surface area contributed by atoms with Crippen molar-refractivity contribution in [3.8, 4) is 5.75 Å². The molecular formula is C8H7ClN2O. The van der Waals surface area contributed by atoms with Crippen molar-refractivity contribution in [1.82, 2.24) is 9.78 Å². The summed E-state index contributed by atoms with van der Waals surface area (Å²) in [6, 6.07) is 3.22. The van der Waals surface area contributed by atoms with Crippen LogP contribution in [0, 0.1) is 0 Å². The lowest BCUT2D eigenvalue weighted by Crippen LogP contribution is -1.88. The summed E-state index contributed by atoms with van der Waals surface area (Å²) in [5.41, 5.74) is 0.761. The summed E-state index contributed by atoms with van der Waals surface area (Å²) in [7, 11) is 1.79. The van der Waals surface area contributed by atoms with Crippen LogP contribution in [0.1, 0.15) is 0 Å². The number of phenols is 1. The first-order chi connectivity index (χ1) is 5.70. The summed E-state index contributed by atoms with van der Waals surface area (Å²) >= 11 is 5.90. The number of halogens is 1. The molecule has 0 amide bonds. The monoisotopic (exact) mass is 182 g/mol. The van der Waals surface area contributed by atoms with Crippen LogP contribution in [-0.4, -0.2) is 14.9 Å². The zero-order valence-corrected chi connectivity index (χ0v) is 7.21. The molecule has 1 heterocycles. The number of nitrogens with zero attached hydrogens (tertiary/aromatic N) is 2. The topological polar surface area (TPSA) is 38.0 Å². The van der Waals surface area contributed by atoms with Gasteiger partial charge in [-0.2, -0.15) is 5.10 Å². The predicted octanol–water partition coefficient (Wildman–Crippen LogP) is 1.93. The molecule has 0 saturated carbocycles. The molecule has 0 atom stereocenters. The van der Waals surface area contributed by atoms with E-state index in [9.17, 15) is 5.11 Å². The fourth-order valence-electron chi connectivity index (χ4n) is 1.23. The van der Waals surface area contributed by atoms with Crippen molar-refractivity contribution in [1.29, 1.82) is 0 Å². The average Bonchev–Trinajstić information content (AvgIpc) is 2.42. The highest BCUT2D eigenvalue weighted by atomic mass is 35.5. The smallest absolute Gasteiger partial charge is 0.126 e. The van der Waals surface area contributed by atoms with Crippen LogP contribution in [0.25, 0.3) is 10.9 Å². The van der Waals surface area contributed by atoms with Crippen molar-refractivity contribution in [2.24, 2.45) is 7.05 Å². The zero-order chi connectivity index (χ0) is 8.72. The molecule has 2 aromatic rings. The molecule has 1 aromatic heterocycles. The van der Waals surface area contributed by atoms with Crippen molar-refractivity contribution >= 4 is 22.5 Å². The van der Waals surface area contributed by atoms with E-state index in [0.29, 0.717) is 10.4 Å². The number of fused-ring (bicyclic) bond motifs is 1. The van der Waals surface area contributed by atoms with Crippen molar-refractivity contribution in [3.05, 3.63) is 23.4 Å². The maximum Gasteiger partial charge on any atom is 0.126 e. The van der Waals surface area contributed by atoms with Gasteiger partial charge in [0.1, 0.15) is 5.75 Å². The zero-order valence-electron chi connectivity index (χ0n) is 6.45. The molecule has 0 aliphatic heterocycles. The van der Waals surface area contributed by atoms with Gasteiger partial charge in [-0.25, -0.2) is 0 Å². The number of hydrogen-bond acceptors (Lipinski definition) is 2. The summed E-state index contributed by atoms with van der Waals surface area (Å²) < 4.78 is 1.64. The van der Waals surface area contributed by atoms with Crippen LogP contribution in [0.15, 0.2) is 18.3 Å². The Morgan fingerprint density at radius 1 is 1.50 bits per heavy atom. The Kier molecular flexibility index (Phi) is 1.48. The van der Waals surface area contributed by atoms with E-state index in [1.165, 1.54) is 0 Å². The van der Waals surface area contributed by atoms with Gasteiger partial charge in [-0.05, 0) is 12.1 Å². The summed E-state index contributed by atoms with van der Waals surface area (Å²) in [5, 5.41) is 14.7. The van der Waals surface area contributed by atoms with Crippen LogP contribution in [0.2, 0.25) is 5.02 Å². The van der Waals surface area contributed by atoms with Crippen molar-refractivity contribution in [2.75, 3.05) is 0 Å². The van der Waals surface area contributed by atoms with Gasteiger partial charge in [-0.1, -0.05) is 11.6 Å². The molecule has 0 saturated heterocycles. The van der Waals surface area contributed by atoms with E-state index in [-0.39, 0.29) is 5.75 Å². The number of rotatable bonds is 0. The highest BCUT2D eigenvalue weighted by Crippen LogP contribution is 2.29. The first-order valence-corrected chi connectivity index (χ1v) is 3.87. The molecule has 0 unspecified atom stereocenters. The summed E-state index contributed by atoms with van der Waals surface area (Å²) in [6.07, 6.45) is 1.59. The van der Waals surface area contributed by atoms with Gasteiger partial charge < -0.3 is 5.11 Å². The molecule has 62 valence electrons. The highest BCUT2D eigenvalue weighted by molar-refractivity contribution is 6.35. The maximum absolute atomic E-state index is 9.40. The minimum Gasteiger partial charge on any atom is -0.507 e. The van der Waals surface area contributed by atoms with E-state index >= 15 is 0 Å². The quantitative estimate of drug-likeness (QED) is 0.676. The standard InChI is InChI=1S/C8H7ClN2O/c1-11-8-5(4-10-11)7(12)3-2-6(8)9/h2-4,12H,1H3. The summed E-state index contributed by atoms with van der Waals surface area (Å²) in [5.74, 6) is 0.211. The van der Waals surface area contributed by atoms with Crippen LogP contribution in [-0.2, 0) is 7.05 Å². The second kappa shape index (κ2) is 2.38. The van der Waals surface area contributed by atoms with Gasteiger partial charge in [0.2, 0.25) is 0 Å². The molecule has 0 radical (unpaired) electrons. The predicted molar refractivity (Wildman–Crippen MR) is 47.4 cm³/mol. The summed E-state index contributed by atoms with van der Waals surface area (Å²) in [4.78, 5) is 0. The summed E-state index contributed by atoms with van der Waals surface area (Å²) in [6.45, 7) is 0. The van der Waals surface area contributed by atoms with Gasteiger partial charge in [0, 0.05) is 7.05 Å². The molecule has 4 heteroatoms. The van der Waals surface area contributed by atoms with Crippen LogP contribution < -0.4 is 0 Å². The van der Waals surface area contributed by atoms with Crippen molar-refractivity contribution < 1.29 is 5.11 Å².